The van der Waals surface area contributed by atoms with E-state index in [1.807, 2.05) is 42.6 Å². The van der Waals surface area contributed by atoms with Crippen LogP contribution in [0.25, 0.3) is 34.0 Å². The average molecular weight is 282 g/mol. The van der Waals surface area contributed by atoms with Crippen LogP contribution >= 0.6 is 0 Å². The van der Waals surface area contributed by atoms with Crippen LogP contribution in [0.5, 0.6) is 0 Å². The minimum Gasteiger partial charge on any atom is -0.254 e. The maximum absolute atomic E-state index is 4.77. The molecule has 0 aliphatic rings. The van der Waals surface area contributed by atoms with Gasteiger partial charge in [0.1, 0.15) is 0 Å². The van der Waals surface area contributed by atoms with E-state index < -0.39 is 0 Å². The van der Waals surface area contributed by atoms with E-state index in [4.69, 9.17) is 4.98 Å². The Hall–Kier alpha value is -3.00. The first kappa shape index (κ1) is 12.7. The first-order valence-corrected chi connectivity index (χ1v) is 7.28. The van der Waals surface area contributed by atoms with Crippen molar-refractivity contribution in [2.75, 3.05) is 0 Å². The number of hydrogen-bond acceptors (Lipinski definition) is 2. The van der Waals surface area contributed by atoms with Crippen molar-refractivity contribution >= 4 is 34.0 Å². The highest BCUT2D eigenvalue weighted by Crippen LogP contribution is 2.22. The topological polar surface area (TPSA) is 25.8 Å². The third kappa shape index (κ3) is 2.35. The highest BCUT2D eigenvalue weighted by molar-refractivity contribution is 6.02. The molecule has 4 rings (SSSR count). The van der Waals surface area contributed by atoms with E-state index in [2.05, 4.69) is 47.5 Å². The molecule has 0 aliphatic carbocycles. The van der Waals surface area contributed by atoms with Gasteiger partial charge in [-0.25, -0.2) is 4.98 Å². The molecule has 0 unspecified atom stereocenters. The second-order valence-electron chi connectivity index (χ2n) is 5.19. The van der Waals surface area contributed by atoms with Crippen LogP contribution < -0.4 is 0 Å². The summed E-state index contributed by atoms with van der Waals surface area (Å²) in [5.41, 5.74) is 4.01. The van der Waals surface area contributed by atoms with Crippen molar-refractivity contribution in [3.8, 4) is 0 Å². The molecule has 0 saturated carbocycles. The third-order valence-corrected chi connectivity index (χ3v) is 3.70. The average Bonchev–Trinajstić information content (AvgIpc) is 2.60. The number of pyridine rings is 2. The van der Waals surface area contributed by atoms with Crippen LogP contribution in [-0.4, -0.2) is 9.97 Å². The predicted molar refractivity (Wildman–Crippen MR) is 92.4 cm³/mol. The molecule has 4 aromatic rings. The zero-order valence-electron chi connectivity index (χ0n) is 12.0. The zero-order valence-corrected chi connectivity index (χ0v) is 12.0. The Kier molecular flexibility index (Phi) is 3.13. The molecule has 104 valence electrons. The Labute approximate surface area is 128 Å². The summed E-state index contributed by atoms with van der Waals surface area (Å²) < 4.78 is 0. The first-order valence-electron chi connectivity index (χ1n) is 7.28. The van der Waals surface area contributed by atoms with E-state index in [1.165, 1.54) is 5.56 Å². The van der Waals surface area contributed by atoms with Gasteiger partial charge in [-0.15, -0.1) is 0 Å². The smallest absolute Gasteiger partial charge is 0.0971 e. The Bertz CT molecular complexity index is 972. The number of rotatable bonds is 2. The van der Waals surface area contributed by atoms with E-state index in [9.17, 15) is 0 Å². The Morgan fingerprint density at radius 3 is 2.27 bits per heavy atom. The fraction of sp³-hybridized carbons (Fsp3) is 0. The largest absolute Gasteiger partial charge is 0.254 e. The van der Waals surface area contributed by atoms with Crippen molar-refractivity contribution in [2.45, 2.75) is 0 Å². The molecular formula is C20H14N2. The lowest BCUT2D eigenvalue weighted by Gasteiger charge is -2.03. The van der Waals surface area contributed by atoms with E-state index in [-0.39, 0.29) is 0 Å². The molecule has 0 N–H and O–H groups in total. The zero-order chi connectivity index (χ0) is 14.8. The van der Waals surface area contributed by atoms with Gasteiger partial charge in [0.2, 0.25) is 0 Å². The summed E-state index contributed by atoms with van der Waals surface area (Å²) in [4.78, 5) is 9.25. The van der Waals surface area contributed by atoms with Crippen molar-refractivity contribution in [3.63, 3.8) is 0 Å². The second kappa shape index (κ2) is 5.41. The fourth-order valence-electron chi connectivity index (χ4n) is 2.58. The number of fused-ring (bicyclic) bond motifs is 3. The van der Waals surface area contributed by atoms with Crippen LogP contribution in [0.4, 0.5) is 0 Å². The summed E-state index contributed by atoms with van der Waals surface area (Å²) in [7, 11) is 0. The molecule has 2 heteroatoms. The summed E-state index contributed by atoms with van der Waals surface area (Å²) in [6, 6.07) is 22.6. The van der Waals surface area contributed by atoms with Crippen molar-refractivity contribution < 1.29 is 0 Å². The number of hydrogen-bond donors (Lipinski definition) is 0. The molecule has 0 aliphatic heterocycles. The Balaban J connectivity index is 1.83. The highest BCUT2D eigenvalue weighted by atomic mass is 14.7. The molecule has 0 amide bonds. The lowest BCUT2D eigenvalue weighted by Crippen LogP contribution is -1.87. The molecule has 0 spiro atoms. The first-order chi connectivity index (χ1) is 10.9. The maximum atomic E-state index is 4.77. The van der Waals surface area contributed by atoms with Crippen LogP contribution in [0.2, 0.25) is 0 Å². The minimum absolute atomic E-state index is 0.939. The molecular weight excluding hydrogens is 268 g/mol. The van der Waals surface area contributed by atoms with E-state index >= 15 is 0 Å². The predicted octanol–water partition coefficient (Wildman–Crippen LogP) is 4.95. The summed E-state index contributed by atoms with van der Waals surface area (Å²) in [6.07, 6.45) is 5.93. The normalized spacial score (nSPS) is 11.5. The number of aromatic nitrogens is 2. The fourth-order valence-corrected chi connectivity index (χ4v) is 2.58. The van der Waals surface area contributed by atoms with E-state index in [0.717, 1.165) is 27.5 Å². The van der Waals surface area contributed by atoms with Gasteiger partial charge in [0.05, 0.1) is 16.7 Å². The van der Waals surface area contributed by atoms with Crippen LogP contribution in [-0.2, 0) is 0 Å². The molecule has 2 aromatic carbocycles. The van der Waals surface area contributed by atoms with Gasteiger partial charge in [-0.3, -0.25) is 4.98 Å². The summed E-state index contributed by atoms with van der Waals surface area (Å²) in [5.74, 6) is 0. The Morgan fingerprint density at radius 1 is 0.636 bits per heavy atom. The minimum atomic E-state index is 0.939. The van der Waals surface area contributed by atoms with Crippen LogP contribution in [0, 0.1) is 0 Å². The van der Waals surface area contributed by atoms with Gasteiger partial charge in [0.25, 0.3) is 0 Å². The lowest BCUT2D eigenvalue weighted by atomic mass is 10.1. The quantitative estimate of drug-likeness (QED) is 0.486. The summed E-state index contributed by atoms with van der Waals surface area (Å²) >= 11 is 0. The summed E-state index contributed by atoms with van der Waals surface area (Å²) in [6.45, 7) is 0. The molecule has 0 radical (unpaired) electrons. The maximum Gasteiger partial charge on any atom is 0.0971 e. The molecule has 0 fully saturated rings. The third-order valence-electron chi connectivity index (χ3n) is 3.70. The van der Waals surface area contributed by atoms with Crippen molar-refractivity contribution in [2.24, 2.45) is 0 Å². The Morgan fingerprint density at radius 2 is 1.41 bits per heavy atom. The number of nitrogens with zero attached hydrogens (tertiary/aromatic N) is 2. The molecule has 2 heterocycles. The van der Waals surface area contributed by atoms with Gasteiger partial charge in [-0.05, 0) is 23.8 Å². The van der Waals surface area contributed by atoms with Gasteiger partial charge in [0.15, 0.2) is 0 Å². The van der Waals surface area contributed by atoms with Gasteiger partial charge in [-0.2, -0.15) is 0 Å². The van der Waals surface area contributed by atoms with Crippen molar-refractivity contribution in [3.05, 3.63) is 84.2 Å². The molecule has 0 atom stereocenters. The van der Waals surface area contributed by atoms with Crippen LogP contribution in [0.1, 0.15) is 11.3 Å². The van der Waals surface area contributed by atoms with Crippen LogP contribution in [0.15, 0.2) is 72.9 Å². The highest BCUT2D eigenvalue weighted by Gasteiger charge is 2.03. The van der Waals surface area contributed by atoms with Gasteiger partial charge in [0, 0.05) is 17.0 Å². The van der Waals surface area contributed by atoms with E-state index in [0.29, 0.717) is 0 Å². The molecule has 0 saturated heterocycles. The summed E-state index contributed by atoms with van der Waals surface area (Å²) in [5, 5.41) is 2.23. The van der Waals surface area contributed by atoms with Gasteiger partial charge < -0.3 is 0 Å². The lowest BCUT2D eigenvalue weighted by molar-refractivity contribution is 1.35. The monoisotopic (exact) mass is 282 g/mol. The number of benzene rings is 2. The standard InChI is InChI=1S/C20H14N2/c1-2-5-15(6-3-1)8-12-18-13-11-17-10-9-16-7-4-14-21-19(16)20(17)22-18/h1-14H. The van der Waals surface area contributed by atoms with Crippen molar-refractivity contribution in [1.29, 1.82) is 0 Å². The van der Waals surface area contributed by atoms with Crippen LogP contribution in [0.3, 0.4) is 0 Å². The van der Waals surface area contributed by atoms with E-state index in [1.54, 1.807) is 0 Å². The van der Waals surface area contributed by atoms with Gasteiger partial charge in [-0.1, -0.05) is 60.7 Å². The second-order valence-corrected chi connectivity index (χ2v) is 5.19. The molecule has 2 aromatic heterocycles. The van der Waals surface area contributed by atoms with Gasteiger partial charge >= 0.3 is 0 Å². The molecule has 2 nitrogen and oxygen atoms in total. The molecule has 0 bridgehead atoms. The molecule has 22 heavy (non-hydrogen) atoms. The van der Waals surface area contributed by atoms with Crippen molar-refractivity contribution in [1.82, 2.24) is 9.97 Å². The SMILES string of the molecule is C(=Cc1ccc2ccc3cccnc3c2n1)c1ccccc1.